The van der Waals surface area contributed by atoms with Crippen molar-refractivity contribution in [2.24, 2.45) is 22.7 Å². The number of carbonyl (C=O) groups is 2. The molecular formula is C23H28O2. The van der Waals surface area contributed by atoms with Gasteiger partial charge < -0.3 is 0 Å². The van der Waals surface area contributed by atoms with Crippen LogP contribution in [-0.4, -0.2) is 12.1 Å². The van der Waals surface area contributed by atoms with Crippen molar-refractivity contribution in [1.29, 1.82) is 0 Å². The molecule has 1 aromatic carbocycles. The first kappa shape index (κ1) is 15.8. The Labute approximate surface area is 150 Å². The predicted octanol–water partition coefficient (Wildman–Crippen LogP) is 5.09. The summed E-state index contributed by atoms with van der Waals surface area (Å²) in [7, 11) is 0. The van der Waals surface area contributed by atoms with Crippen molar-refractivity contribution in [2.45, 2.75) is 70.6 Å². The molecule has 0 radical (unpaired) electrons. The second kappa shape index (κ2) is 5.28. The Morgan fingerprint density at radius 1 is 1.12 bits per heavy atom. The highest BCUT2D eigenvalue weighted by molar-refractivity contribution is 5.93. The fraction of sp³-hybridized carbons (Fsp3) is 0.652. The van der Waals surface area contributed by atoms with Crippen LogP contribution in [0.2, 0.25) is 0 Å². The molecule has 132 valence electrons. The number of hydrogen-bond donors (Lipinski definition) is 0. The number of carbonyl (C=O) groups excluding carboxylic acids is 2. The van der Waals surface area contributed by atoms with Gasteiger partial charge in [0.2, 0.25) is 0 Å². The molecule has 3 saturated carbocycles. The normalized spacial score (nSPS) is 38.3. The van der Waals surface area contributed by atoms with Crippen molar-refractivity contribution >= 4 is 12.1 Å². The Kier molecular flexibility index (Phi) is 3.34. The van der Waals surface area contributed by atoms with Gasteiger partial charge in [0.1, 0.15) is 12.1 Å². The van der Waals surface area contributed by atoms with Crippen LogP contribution in [0.5, 0.6) is 0 Å². The summed E-state index contributed by atoms with van der Waals surface area (Å²) in [5.74, 6) is 2.47. The highest BCUT2D eigenvalue weighted by Gasteiger charge is 2.63. The molecule has 1 aromatic rings. The van der Waals surface area contributed by atoms with Gasteiger partial charge in [0, 0.05) is 16.4 Å². The van der Waals surface area contributed by atoms with E-state index in [-0.39, 0.29) is 10.8 Å². The molecule has 0 aromatic heterocycles. The highest BCUT2D eigenvalue weighted by Crippen LogP contribution is 2.66. The predicted molar refractivity (Wildman–Crippen MR) is 97.7 cm³/mol. The maximum atomic E-state index is 13.5. The lowest BCUT2D eigenvalue weighted by molar-refractivity contribution is -0.135. The maximum absolute atomic E-state index is 13.5. The lowest BCUT2D eigenvalue weighted by Gasteiger charge is -2.48. The maximum Gasteiger partial charge on any atom is 0.150 e. The molecule has 0 amide bonds. The van der Waals surface area contributed by atoms with Gasteiger partial charge in [-0.25, -0.2) is 0 Å². The van der Waals surface area contributed by atoms with Gasteiger partial charge in [-0.05, 0) is 79.9 Å². The third-order valence-corrected chi connectivity index (χ3v) is 8.45. The first-order valence-corrected chi connectivity index (χ1v) is 10.2. The summed E-state index contributed by atoms with van der Waals surface area (Å²) in [6.07, 6.45) is 11.4. The highest BCUT2D eigenvalue weighted by atomic mass is 16.1. The number of benzene rings is 1. The summed E-state index contributed by atoms with van der Waals surface area (Å²) in [5.41, 5.74) is 3.64. The Hall–Kier alpha value is -1.44. The summed E-state index contributed by atoms with van der Waals surface area (Å²) in [6, 6.07) is 6.30. The van der Waals surface area contributed by atoms with Crippen molar-refractivity contribution in [3.63, 3.8) is 0 Å². The second-order valence-corrected chi connectivity index (χ2v) is 9.47. The van der Waals surface area contributed by atoms with Crippen LogP contribution in [0.3, 0.4) is 0 Å². The SMILES string of the molecule is C[C@]12CC[C@@H]3c4ccc(C=O)cc4CC[C@H]3[C@@H]1CC1(CCCC1)C2=O. The van der Waals surface area contributed by atoms with E-state index >= 15 is 0 Å². The zero-order valence-electron chi connectivity index (χ0n) is 15.2. The molecule has 5 rings (SSSR count). The number of ketones is 1. The number of fused-ring (bicyclic) bond motifs is 5. The van der Waals surface area contributed by atoms with Crippen molar-refractivity contribution in [1.82, 2.24) is 0 Å². The fourth-order valence-corrected chi connectivity index (χ4v) is 7.26. The average molecular weight is 336 g/mol. The van der Waals surface area contributed by atoms with E-state index in [1.54, 1.807) is 0 Å². The quantitative estimate of drug-likeness (QED) is 0.669. The van der Waals surface area contributed by atoms with Crippen LogP contribution < -0.4 is 0 Å². The Morgan fingerprint density at radius 2 is 1.92 bits per heavy atom. The third kappa shape index (κ3) is 2.03. The number of hydrogen-bond acceptors (Lipinski definition) is 2. The smallest absolute Gasteiger partial charge is 0.150 e. The minimum Gasteiger partial charge on any atom is -0.298 e. The van der Waals surface area contributed by atoms with Gasteiger partial charge in [-0.2, -0.15) is 0 Å². The van der Waals surface area contributed by atoms with E-state index in [2.05, 4.69) is 19.1 Å². The van der Waals surface area contributed by atoms with Crippen molar-refractivity contribution in [3.8, 4) is 0 Å². The van der Waals surface area contributed by atoms with E-state index in [0.717, 1.165) is 50.4 Å². The summed E-state index contributed by atoms with van der Waals surface area (Å²) >= 11 is 0. The summed E-state index contributed by atoms with van der Waals surface area (Å²) in [4.78, 5) is 24.6. The molecule has 0 bridgehead atoms. The largest absolute Gasteiger partial charge is 0.298 e. The molecule has 2 nitrogen and oxygen atoms in total. The first-order valence-electron chi connectivity index (χ1n) is 10.2. The molecule has 1 spiro atoms. The standard InChI is InChI=1S/C23H28O2/c1-22-11-8-18-17-6-4-15(14-24)12-16(17)5-7-19(18)20(22)13-23(21(22)25)9-2-3-10-23/h4,6,12,14,18-20H,2-3,5,7-11,13H2,1H3/t18-,19-,20+,22+/m1/s1. The summed E-state index contributed by atoms with van der Waals surface area (Å²) < 4.78 is 0. The molecular weight excluding hydrogens is 308 g/mol. The number of aryl methyl sites for hydroxylation is 1. The zero-order chi connectivity index (χ0) is 17.2. The minimum absolute atomic E-state index is 0.0377. The van der Waals surface area contributed by atoms with Crippen LogP contribution >= 0.6 is 0 Å². The zero-order valence-corrected chi connectivity index (χ0v) is 15.2. The molecule has 25 heavy (non-hydrogen) atoms. The molecule has 2 heteroatoms. The van der Waals surface area contributed by atoms with Crippen LogP contribution in [0.1, 0.15) is 85.7 Å². The molecule has 3 fully saturated rings. The third-order valence-electron chi connectivity index (χ3n) is 8.45. The van der Waals surface area contributed by atoms with Gasteiger partial charge in [0.25, 0.3) is 0 Å². The molecule has 0 saturated heterocycles. The molecule has 4 aliphatic carbocycles. The van der Waals surface area contributed by atoms with Crippen LogP contribution in [0, 0.1) is 22.7 Å². The van der Waals surface area contributed by atoms with Crippen molar-refractivity contribution in [3.05, 3.63) is 34.9 Å². The van der Waals surface area contributed by atoms with Gasteiger partial charge in [-0.15, -0.1) is 0 Å². The van der Waals surface area contributed by atoms with Gasteiger partial charge in [-0.1, -0.05) is 31.9 Å². The van der Waals surface area contributed by atoms with E-state index < -0.39 is 0 Å². The fourth-order valence-electron chi connectivity index (χ4n) is 7.26. The van der Waals surface area contributed by atoms with Gasteiger partial charge >= 0.3 is 0 Å². The molecule has 0 unspecified atom stereocenters. The van der Waals surface area contributed by atoms with Gasteiger partial charge in [0.05, 0.1) is 0 Å². The van der Waals surface area contributed by atoms with Crippen LogP contribution in [0.15, 0.2) is 18.2 Å². The van der Waals surface area contributed by atoms with E-state index in [1.165, 1.54) is 30.4 Å². The van der Waals surface area contributed by atoms with Crippen LogP contribution in [0.4, 0.5) is 0 Å². The van der Waals surface area contributed by atoms with Gasteiger partial charge in [-0.3, -0.25) is 9.59 Å². The molecule has 4 atom stereocenters. The minimum atomic E-state index is -0.0637. The van der Waals surface area contributed by atoms with Crippen LogP contribution in [0.25, 0.3) is 0 Å². The molecule has 0 N–H and O–H groups in total. The monoisotopic (exact) mass is 336 g/mol. The Bertz CT molecular complexity index is 742. The lowest BCUT2D eigenvalue weighted by Crippen LogP contribution is -2.43. The van der Waals surface area contributed by atoms with Crippen molar-refractivity contribution < 1.29 is 9.59 Å². The van der Waals surface area contributed by atoms with E-state index in [4.69, 9.17) is 0 Å². The molecule has 0 heterocycles. The van der Waals surface area contributed by atoms with E-state index in [1.807, 2.05) is 6.07 Å². The Morgan fingerprint density at radius 3 is 2.68 bits per heavy atom. The number of Topliss-reactive ketones (excluding diaryl/α,β-unsaturated/α-hetero) is 1. The Balaban J connectivity index is 1.52. The van der Waals surface area contributed by atoms with E-state index in [9.17, 15) is 9.59 Å². The summed E-state index contributed by atoms with van der Waals surface area (Å²) in [6.45, 7) is 2.30. The number of rotatable bonds is 1. The molecule has 0 aliphatic heterocycles. The van der Waals surface area contributed by atoms with Crippen molar-refractivity contribution in [2.75, 3.05) is 0 Å². The first-order chi connectivity index (χ1) is 12.1. The van der Waals surface area contributed by atoms with Crippen LogP contribution in [-0.2, 0) is 11.2 Å². The number of aldehydes is 1. The summed E-state index contributed by atoms with van der Waals surface area (Å²) in [5, 5.41) is 0. The van der Waals surface area contributed by atoms with Gasteiger partial charge in [0.15, 0.2) is 0 Å². The second-order valence-electron chi connectivity index (χ2n) is 9.47. The van der Waals surface area contributed by atoms with E-state index in [0.29, 0.717) is 23.5 Å². The average Bonchev–Trinajstić information content (AvgIpc) is 3.19. The molecule has 4 aliphatic rings. The topological polar surface area (TPSA) is 34.1 Å². The lowest BCUT2D eigenvalue weighted by atomic mass is 9.55.